The molecule has 102 valence electrons. The number of piperidine rings is 1. The van der Waals surface area contributed by atoms with Gasteiger partial charge in [-0.3, -0.25) is 4.68 Å². The van der Waals surface area contributed by atoms with Crippen LogP contribution in [0.3, 0.4) is 0 Å². The highest BCUT2D eigenvalue weighted by Gasteiger charge is 2.20. The zero-order chi connectivity index (χ0) is 13.1. The van der Waals surface area contributed by atoms with E-state index in [2.05, 4.69) is 36.1 Å². The van der Waals surface area contributed by atoms with Gasteiger partial charge in [0.05, 0.1) is 17.1 Å². The largest absolute Gasteiger partial charge is 0.379 e. The molecule has 0 saturated carbocycles. The molecule has 0 aromatic carbocycles. The van der Waals surface area contributed by atoms with Crippen molar-refractivity contribution in [3.05, 3.63) is 11.4 Å². The lowest BCUT2D eigenvalue weighted by atomic mass is 10.0. The van der Waals surface area contributed by atoms with E-state index in [0.717, 1.165) is 5.69 Å². The van der Waals surface area contributed by atoms with Crippen LogP contribution in [0.1, 0.15) is 37.6 Å². The Bertz CT molecular complexity index is 389. The third kappa shape index (κ3) is 2.86. The van der Waals surface area contributed by atoms with Crippen molar-refractivity contribution in [2.45, 2.75) is 46.1 Å². The monoisotopic (exact) mass is 250 g/mol. The Kier molecular flexibility index (Phi) is 4.27. The van der Waals surface area contributed by atoms with E-state index in [4.69, 9.17) is 0 Å². The number of nitrogens with zero attached hydrogens (tertiary/aromatic N) is 3. The molecule has 1 aromatic heterocycles. The van der Waals surface area contributed by atoms with Gasteiger partial charge in [0.25, 0.3) is 0 Å². The smallest absolute Gasteiger partial charge is 0.0827 e. The van der Waals surface area contributed by atoms with Gasteiger partial charge in [0, 0.05) is 26.2 Å². The molecule has 2 heterocycles. The molecule has 18 heavy (non-hydrogen) atoms. The molecular weight excluding hydrogens is 224 g/mol. The van der Waals surface area contributed by atoms with Gasteiger partial charge in [-0.05, 0) is 39.7 Å². The summed E-state index contributed by atoms with van der Waals surface area (Å²) >= 11 is 0. The van der Waals surface area contributed by atoms with Gasteiger partial charge < -0.3 is 10.2 Å². The van der Waals surface area contributed by atoms with Gasteiger partial charge in [0.2, 0.25) is 0 Å². The lowest BCUT2D eigenvalue weighted by molar-refractivity contribution is 0.219. The average Bonchev–Trinajstić information content (AvgIpc) is 2.59. The van der Waals surface area contributed by atoms with Crippen LogP contribution in [0.25, 0.3) is 0 Å². The van der Waals surface area contributed by atoms with Crippen LogP contribution in [0.4, 0.5) is 5.69 Å². The first-order valence-corrected chi connectivity index (χ1v) is 7.11. The average molecular weight is 250 g/mol. The Hall–Kier alpha value is -1.03. The van der Waals surface area contributed by atoms with E-state index in [0.29, 0.717) is 6.04 Å². The number of aromatic nitrogens is 2. The molecule has 0 spiro atoms. The summed E-state index contributed by atoms with van der Waals surface area (Å²) in [6.45, 7) is 10.2. The number of aryl methyl sites for hydroxylation is 2. The molecule has 2 rings (SSSR count). The minimum Gasteiger partial charge on any atom is -0.379 e. The van der Waals surface area contributed by atoms with Gasteiger partial charge in [0.1, 0.15) is 0 Å². The highest BCUT2D eigenvalue weighted by molar-refractivity contribution is 5.52. The predicted octanol–water partition coefficient (Wildman–Crippen LogP) is 2.32. The Morgan fingerprint density at radius 2 is 1.94 bits per heavy atom. The molecule has 4 nitrogen and oxygen atoms in total. The van der Waals surface area contributed by atoms with Crippen molar-refractivity contribution in [1.82, 2.24) is 14.7 Å². The Morgan fingerprint density at radius 1 is 1.28 bits per heavy atom. The van der Waals surface area contributed by atoms with Gasteiger partial charge in [-0.15, -0.1) is 0 Å². The van der Waals surface area contributed by atoms with Crippen molar-refractivity contribution >= 4 is 5.69 Å². The summed E-state index contributed by atoms with van der Waals surface area (Å²) < 4.78 is 1.96. The van der Waals surface area contributed by atoms with Crippen LogP contribution in [0.15, 0.2) is 0 Å². The summed E-state index contributed by atoms with van der Waals surface area (Å²) in [7, 11) is 2.01. The number of hydrogen-bond acceptors (Lipinski definition) is 3. The Morgan fingerprint density at radius 3 is 2.44 bits per heavy atom. The summed E-state index contributed by atoms with van der Waals surface area (Å²) in [5.41, 5.74) is 3.60. The van der Waals surface area contributed by atoms with Crippen molar-refractivity contribution in [2.75, 3.05) is 25.0 Å². The maximum absolute atomic E-state index is 4.46. The van der Waals surface area contributed by atoms with Crippen LogP contribution < -0.4 is 5.32 Å². The predicted molar refractivity (Wildman–Crippen MR) is 76.1 cm³/mol. The fourth-order valence-corrected chi connectivity index (χ4v) is 2.80. The number of nitrogens with one attached hydrogen (secondary N) is 1. The molecule has 1 saturated heterocycles. The maximum Gasteiger partial charge on any atom is 0.0827 e. The van der Waals surface area contributed by atoms with Crippen molar-refractivity contribution in [2.24, 2.45) is 7.05 Å². The van der Waals surface area contributed by atoms with Crippen LogP contribution in [-0.4, -0.2) is 40.4 Å². The maximum atomic E-state index is 4.46. The number of anilines is 1. The van der Waals surface area contributed by atoms with Gasteiger partial charge in [0.15, 0.2) is 0 Å². The molecule has 1 N–H and O–H groups in total. The summed E-state index contributed by atoms with van der Waals surface area (Å²) in [5, 5.41) is 8.16. The number of hydrogen-bond donors (Lipinski definition) is 1. The SMILES string of the molecule is CCCN1CCC(Nc2c(C)nn(C)c2C)CC1. The van der Waals surface area contributed by atoms with Crippen molar-refractivity contribution in [3.8, 4) is 0 Å². The van der Waals surface area contributed by atoms with Gasteiger partial charge in [-0.25, -0.2) is 0 Å². The van der Waals surface area contributed by atoms with Crippen molar-refractivity contribution < 1.29 is 0 Å². The molecule has 1 aliphatic heterocycles. The van der Waals surface area contributed by atoms with E-state index in [9.17, 15) is 0 Å². The third-order valence-corrected chi connectivity index (χ3v) is 3.98. The minimum atomic E-state index is 0.611. The highest BCUT2D eigenvalue weighted by atomic mass is 15.3. The van der Waals surface area contributed by atoms with Crippen LogP contribution in [0, 0.1) is 13.8 Å². The Labute approximate surface area is 110 Å². The molecule has 1 aliphatic rings. The summed E-state index contributed by atoms with van der Waals surface area (Å²) in [6.07, 6.45) is 3.75. The lowest BCUT2D eigenvalue weighted by Crippen LogP contribution is -2.39. The highest BCUT2D eigenvalue weighted by Crippen LogP contribution is 2.22. The van der Waals surface area contributed by atoms with E-state index in [1.54, 1.807) is 0 Å². The molecule has 0 bridgehead atoms. The van der Waals surface area contributed by atoms with E-state index in [1.807, 2.05) is 11.7 Å². The normalized spacial score (nSPS) is 18.2. The summed E-state index contributed by atoms with van der Waals surface area (Å²) in [4.78, 5) is 2.57. The zero-order valence-electron chi connectivity index (χ0n) is 12.2. The Balaban J connectivity index is 1.91. The molecule has 0 atom stereocenters. The van der Waals surface area contributed by atoms with Crippen molar-refractivity contribution in [1.29, 1.82) is 0 Å². The fraction of sp³-hybridized carbons (Fsp3) is 0.786. The standard InChI is InChI=1S/C14H26N4/c1-5-8-18-9-6-13(7-10-18)15-14-11(2)16-17(4)12(14)3/h13,15H,5-10H2,1-4H3. The first-order valence-electron chi connectivity index (χ1n) is 7.11. The molecule has 0 amide bonds. The zero-order valence-corrected chi connectivity index (χ0v) is 12.2. The first kappa shape index (κ1) is 13.4. The van der Waals surface area contributed by atoms with Crippen LogP contribution >= 0.6 is 0 Å². The van der Waals surface area contributed by atoms with Crippen LogP contribution in [0.5, 0.6) is 0 Å². The number of likely N-dealkylation sites (tertiary alicyclic amines) is 1. The minimum absolute atomic E-state index is 0.611. The molecule has 0 radical (unpaired) electrons. The fourth-order valence-electron chi connectivity index (χ4n) is 2.80. The third-order valence-electron chi connectivity index (χ3n) is 3.98. The summed E-state index contributed by atoms with van der Waals surface area (Å²) in [6, 6.07) is 0.611. The second kappa shape index (κ2) is 5.74. The van der Waals surface area contributed by atoms with E-state index < -0.39 is 0 Å². The lowest BCUT2D eigenvalue weighted by Gasteiger charge is -2.32. The molecule has 1 fully saturated rings. The quantitative estimate of drug-likeness (QED) is 0.890. The van der Waals surface area contributed by atoms with Crippen molar-refractivity contribution in [3.63, 3.8) is 0 Å². The second-order valence-corrected chi connectivity index (χ2v) is 5.43. The number of rotatable bonds is 4. The van der Waals surface area contributed by atoms with Gasteiger partial charge >= 0.3 is 0 Å². The molecule has 1 aromatic rings. The van der Waals surface area contributed by atoms with E-state index in [-0.39, 0.29) is 0 Å². The molecule has 0 aliphatic carbocycles. The van der Waals surface area contributed by atoms with Gasteiger partial charge in [-0.2, -0.15) is 5.10 Å². The molecule has 0 unspecified atom stereocenters. The molecular formula is C14H26N4. The van der Waals surface area contributed by atoms with E-state index in [1.165, 1.54) is 50.3 Å². The molecule has 4 heteroatoms. The first-order chi connectivity index (χ1) is 8.61. The van der Waals surface area contributed by atoms with Gasteiger partial charge in [-0.1, -0.05) is 6.92 Å². The van der Waals surface area contributed by atoms with E-state index >= 15 is 0 Å². The second-order valence-electron chi connectivity index (χ2n) is 5.43. The van der Waals surface area contributed by atoms with Crippen LogP contribution in [0.2, 0.25) is 0 Å². The van der Waals surface area contributed by atoms with Crippen LogP contribution in [-0.2, 0) is 7.05 Å². The topological polar surface area (TPSA) is 33.1 Å². The summed E-state index contributed by atoms with van der Waals surface area (Å²) in [5.74, 6) is 0.